The molecular formula is C9H20N2O2. The molecule has 0 heterocycles. The molecule has 3 N–H and O–H groups in total. The van der Waals surface area contributed by atoms with Gasteiger partial charge in [-0.2, -0.15) is 0 Å². The first-order chi connectivity index (χ1) is 5.87. The van der Waals surface area contributed by atoms with Crippen LogP contribution in [0.25, 0.3) is 0 Å². The first kappa shape index (κ1) is 12.4. The number of hydrogen-bond acceptors (Lipinski definition) is 3. The lowest BCUT2D eigenvalue weighted by Crippen LogP contribution is -2.50. The van der Waals surface area contributed by atoms with Crippen molar-refractivity contribution in [3.05, 3.63) is 0 Å². The zero-order valence-electron chi connectivity index (χ0n) is 8.85. The van der Waals surface area contributed by atoms with Crippen molar-refractivity contribution in [2.24, 2.45) is 0 Å². The summed E-state index contributed by atoms with van der Waals surface area (Å²) in [5, 5.41) is 14.2. The molecule has 0 aliphatic rings. The average Bonchev–Trinajstić information content (AvgIpc) is 1.96. The van der Waals surface area contributed by atoms with Gasteiger partial charge in [0.25, 0.3) is 0 Å². The van der Waals surface area contributed by atoms with Gasteiger partial charge in [-0.1, -0.05) is 0 Å². The van der Waals surface area contributed by atoms with Crippen molar-refractivity contribution in [1.82, 2.24) is 10.6 Å². The van der Waals surface area contributed by atoms with Crippen LogP contribution in [0.1, 0.15) is 27.7 Å². The number of hydrogen-bond donors (Lipinski definition) is 3. The van der Waals surface area contributed by atoms with Gasteiger partial charge in [-0.25, -0.2) is 0 Å². The van der Waals surface area contributed by atoms with E-state index in [0.717, 1.165) is 0 Å². The lowest BCUT2D eigenvalue weighted by atomic mass is 10.1. The Morgan fingerprint density at radius 3 is 2.38 bits per heavy atom. The highest BCUT2D eigenvalue weighted by atomic mass is 16.3. The molecule has 0 rings (SSSR count). The van der Waals surface area contributed by atoms with Crippen LogP contribution in [-0.4, -0.2) is 35.7 Å². The van der Waals surface area contributed by atoms with Crippen LogP contribution in [0.3, 0.4) is 0 Å². The van der Waals surface area contributed by atoms with Crippen molar-refractivity contribution < 1.29 is 9.90 Å². The monoisotopic (exact) mass is 188 g/mol. The zero-order chi connectivity index (χ0) is 10.5. The molecule has 4 heteroatoms. The third-order valence-electron chi connectivity index (χ3n) is 1.45. The topological polar surface area (TPSA) is 61.4 Å². The van der Waals surface area contributed by atoms with Gasteiger partial charge in [0.1, 0.15) is 0 Å². The summed E-state index contributed by atoms with van der Waals surface area (Å²) in [6, 6.07) is -0.230. The van der Waals surface area contributed by atoms with Crippen LogP contribution in [-0.2, 0) is 4.79 Å². The summed E-state index contributed by atoms with van der Waals surface area (Å²) in [6.45, 7) is 8.11. The second kappa shape index (κ2) is 5.19. The Bertz CT molecular complexity index is 163. The van der Waals surface area contributed by atoms with E-state index in [1.807, 2.05) is 20.8 Å². The van der Waals surface area contributed by atoms with Gasteiger partial charge in [0.05, 0.1) is 12.6 Å². The van der Waals surface area contributed by atoms with Gasteiger partial charge in [-0.15, -0.1) is 0 Å². The Hall–Kier alpha value is -0.610. The largest absolute Gasteiger partial charge is 0.395 e. The van der Waals surface area contributed by atoms with E-state index >= 15 is 0 Å². The molecule has 0 aliphatic carbocycles. The predicted molar refractivity (Wildman–Crippen MR) is 52.4 cm³/mol. The van der Waals surface area contributed by atoms with Gasteiger partial charge in [0.2, 0.25) is 5.91 Å². The number of aliphatic hydroxyl groups is 1. The highest BCUT2D eigenvalue weighted by Gasteiger charge is 2.18. The normalized spacial score (nSPS) is 13.9. The highest BCUT2D eigenvalue weighted by Crippen LogP contribution is 2.00. The molecule has 4 nitrogen and oxygen atoms in total. The molecular weight excluding hydrogens is 168 g/mol. The van der Waals surface area contributed by atoms with Gasteiger partial charge in [0.15, 0.2) is 0 Å². The standard InChI is InChI=1S/C9H20N2O2/c1-7(11-9(2,3)4)8(13)10-5-6-12/h7,11-12H,5-6H2,1-4H3,(H,10,13). The SMILES string of the molecule is CC(NC(C)(C)C)C(=O)NCCO. The first-order valence-electron chi connectivity index (χ1n) is 4.53. The summed E-state index contributed by atoms with van der Waals surface area (Å²) in [6.07, 6.45) is 0. The molecule has 0 fully saturated rings. The van der Waals surface area contributed by atoms with E-state index in [0.29, 0.717) is 6.54 Å². The molecule has 0 bridgehead atoms. The number of aliphatic hydroxyl groups excluding tert-OH is 1. The van der Waals surface area contributed by atoms with Gasteiger partial charge in [0, 0.05) is 12.1 Å². The zero-order valence-corrected chi connectivity index (χ0v) is 8.85. The molecule has 1 amide bonds. The summed E-state index contributed by atoms with van der Waals surface area (Å²) < 4.78 is 0. The number of amides is 1. The molecule has 0 aliphatic heterocycles. The summed E-state index contributed by atoms with van der Waals surface area (Å²) in [5.74, 6) is -0.0797. The van der Waals surface area contributed by atoms with Crippen LogP contribution in [0, 0.1) is 0 Å². The second-order valence-electron chi connectivity index (χ2n) is 4.13. The van der Waals surface area contributed by atoms with Crippen LogP contribution in [0.15, 0.2) is 0 Å². The Morgan fingerprint density at radius 2 is 2.00 bits per heavy atom. The summed E-state index contributed by atoms with van der Waals surface area (Å²) >= 11 is 0. The molecule has 0 radical (unpaired) electrons. The van der Waals surface area contributed by atoms with E-state index in [1.165, 1.54) is 0 Å². The molecule has 1 atom stereocenters. The quantitative estimate of drug-likeness (QED) is 0.576. The van der Waals surface area contributed by atoms with Gasteiger partial charge < -0.3 is 15.7 Å². The maximum atomic E-state index is 11.3. The Morgan fingerprint density at radius 1 is 1.46 bits per heavy atom. The molecule has 0 aromatic carbocycles. The molecule has 13 heavy (non-hydrogen) atoms. The van der Waals surface area contributed by atoms with Crippen molar-refractivity contribution in [1.29, 1.82) is 0 Å². The van der Waals surface area contributed by atoms with E-state index in [4.69, 9.17) is 5.11 Å². The van der Waals surface area contributed by atoms with Crippen LogP contribution < -0.4 is 10.6 Å². The fourth-order valence-corrected chi connectivity index (χ4v) is 1.05. The molecule has 0 spiro atoms. The third kappa shape index (κ3) is 6.54. The summed E-state index contributed by atoms with van der Waals surface area (Å²) in [5.41, 5.74) is -0.0734. The van der Waals surface area contributed by atoms with Crippen molar-refractivity contribution in [2.75, 3.05) is 13.2 Å². The van der Waals surface area contributed by atoms with Crippen molar-refractivity contribution in [2.45, 2.75) is 39.3 Å². The van der Waals surface area contributed by atoms with Gasteiger partial charge in [-0.3, -0.25) is 4.79 Å². The minimum atomic E-state index is -0.230. The summed E-state index contributed by atoms with van der Waals surface area (Å²) in [7, 11) is 0. The van der Waals surface area contributed by atoms with E-state index in [1.54, 1.807) is 6.92 Å². The number of rotatable bonds is 4. The molecule has 78 valence electrons. The first-order valence-corrected chi connectivity index (χ1v) is 4.53. The number of carbonyl (C=O) groups excluding carboxylic acids is 1. The lowest BCUT2D eigenvalue weighted by molar-refractivity contribution is -0.123. The maximum absolute atomic E-state index is 11.3. The fourth-order valence-electron chi connectivity index (χ4n) is 1.05. The Labute approximate surface area is 79.7 Å². The van der Waals surface area contributed by atoms with E-state index in [2.05, 4.69) is 10.6 Å². The second-order valence-corrected chi connectivity index (χ2v) is 4.13. The van der Waals surface area contributed by atoms with E-state index in [9.17, 15) is 4.79 Å². The molecule has 0 aromatic heterocycles. The van der Waals surface area contributed by atoms with Crippen LogP contribution in [0.5, 0.6) is 0 Å². The molecule has 1 unspecified atom stereocenters. The van der Waals surface area contributed by atoms with Crippen LogP contribution in [0.4, 0.5) is 0 Å². The average molecular weight is 188 g/mol. The minimum absolute atomic E-state index is 0.0199. The minimum Gasteiger partial charge on any atom is -0.395 e. The van der Waals surface area contributed by atoms with E-state index < -0.39 is 0 Å². The fraction of sp³-hybridized carbons (Fsp3) is 0.889. The molecule has 0 aromatic rings. The van der Waals surface area contributed by atoms with Crippen LogP contribution in [0.2, 0.25) is 0 Å². The van der Waals surface area contributed by atoms with Crippen molar-refractivity contribution in [3.8, 4) is 0 Å². The van der Waals surface area contributed by atoms with E-state index in [-0.39, 0.29) is 24.1 Å². The predicted octanol–water partition coefficient (Wildman–Crippen LogP) is -0.128. The van der Waals surface area contributed by atoms with Gasteiger partial charge in [-0.05, 0) is 27.7 Å². The Balaban J connectivity index is 3.83. The van der Waals surface area contributed by atoms with Crippen molar-refractivity contribution >= 4 is 5.91 Å². The maximum Gasteiger partial charge on any atom is 0.236 e. The number of carbonyl (C=O) groups is 1. The van der Waals surface area contributed by atoms with Crippen molar-refractivity contribution in [3.63, 3.8) is 0 Å². The van der Waals surface area contributed by atoms with Gasteiger partial charge >= 0.3 is 0 Å². The molecule has 0 saturated heterocycles. The van der Waals surface area contributed by atoms with Crippen LogP contribution >= 0.6 is 0 Å². The highest BCUT2D eigenvalue weighted by molar-refractivity contribution is 5.81. The number of nitrogens with one attached hydrogen (secondary N) is 2. The molecule has 0 saturated carbocycles. The lowest BCUT2D eigenvalue weighted by Gasteiger charge is -2.25. The Kier molecular flexibility index (Phi) is 4.95. The smallest absolute Gasteiger partial charge is 0.236 e. The summed E-state index contributed by atoms with van der Waals surface area (Å²) in [4.78, 5) is 11.3. The third-order valence-corrected chi connectivity index (χ3v) is 1.45.